The average Bonchev–Trinajstić information content (AvgIpc) is 3.63. The molecule has 12 heteroatoms. The Hall–Kier alpha value is -2.76. The molecular weight excluding hydrogens is 522 g/mol. The van der Waals surface area contributed by atoms with E-state index in [1.807, 2.05) is 23.3 Å². The molecule has 6 rings (SSSR count). The van der Waals surface area contributed by atoms with Crippen LogP contribution in [0.1, 0.15) is 35.2 Å². The fraction of sp³-hybridized carbons (Fsp3) is 0.417. The van der Waals surface area contributed by atoms with Gasteiger partial charge in [-0.1, -0.05) is 0 Å². The van der Waals surface area contributed by atoms with E-state index in [4.69, 9.17) is 21.0 Å². The zero-order valence-corrected chi connectivity index (χ0v) is 22.4. The molecule has 4 aromatic heterocycles. The first-order valence-corrected chi connectivity index (χ1v) is 13.9. The summed E-state index contributed by atoms with van der Waals surface area (Å²) in [7, 11) is 3.19. The van der Waals surface area contributed by atoms with E-state index in [1.165, 1.54) is 23.0 Å². The molecule has 2 aliphatic heterocycles. The van der Waals surface area contributed by atoms with E-state index < -0.39 is 5.69 Å². The number of amides is 1. The van der Waals surface area contributed by atoms with Gasteiger partial charge in [-0.3, -0.25) is 18.7 Å². The third kappa shape index (κ3) is 3.59. The van der Waals surface area contributed by atoms with Crippen LogP contribution >= 0.6 is 34.7 Å². The normalized spacial score (nSPS) is 20.0. The lowest BCUT2D eigenvalue weighted by atomic mass is 10.2. The van der Waals surface area contributed by atoms with Crippen LogP contribution in [0.2, 0.25) is 5.22 Å². The van der Waals surface area contributed by atoms with Crippen LogP contribution in [0.25, 0.3) is 21.6 Å². The van der Waals surface area contributed by atoms with Crippen molar-refractivity contribution in [1.29, 1.82) is 0 Å². The van der Waals surface area contributed by atoms with Gasteiger partial charge in [0, 0.05) is 56.5 Å². The second-order valence-corrected chi connectivity index (χ2v) is 11.9. The third-order valence-electron chi connectivity index (χ3n) is 6.94. The number of thiazole rings is 1. The molecule has 2 unspecified atom stereocenters. The number of likely N-dealkylation sites (tertiary alicyclic amines) is 1. The number of halogens is 1. The molecule has 1 amide bonds. The molecule has 1 fully saturated rings. The highest BCUT2D eigenvalue weighted by atomic mass is 35.5. The molecule has 0 aliphatic carbocycles. The minimum atomic E-state index is -0.395. The van der Waals surface area contributed by atoms with E-state index in [2.05, 4.69) is 4.57 Å². The maximum absolute atomic E-state index is 13.6. The van der Waals surface area contributed by atoms with Gasteiger partial charge < -0.3 is 13.9 Å². The Morgan fingerprint density at radius 3 is 2.64 bits per heavy atom. The van der Waals surface area contributed by atoms with Gasteiger partial charge in [-0.2, -0.15) is 0 Å². The van der Waals surface area contributed by atoms with Crippen molar-refractivity contribution in [2.45, 2.75) is 36.8 Å². The van der Waals surface area contributed by atoms with Gasteiger partial charge in [-0.05, 0) is 37.1 Å². The molecule has 6 heterocycles. The molecular formula is C24H24ClN5O4S2. The summed E-state index contributed by atoms with van der Waals surface area (Å²) < 4.78 is 10.7. The van der Waals surface area contributed by atoms with Crippen molar-refractivity contribution in [3.63, 3.8) is 0 Å². The minimum Gasteiger partial charge on any atom is -0.448 e. The first-order chi connectivity index (χ1) is 17.2. The van der Waals surface area contributed by atoms with Gasteiger partial charge in [0.25, 0.3) is 5.56 Å². The van der Waals surface area contributed by atoms with Crippen molar-refractivity contribution >= 4 is 51.5 Å². The summed E-state index contributed by atoms with van der Waals surface area (Å²) in [6.45, 7) is 3.83. The van der Waals surface area contributed by atoms with Gasteiger partial charge in [0.1, 0.15) is 16.0 Å². The van der Waals surface area contributed by atoms with Crippen LogP contribution < -0.4 is 11.2 Å². The van der Waals surface area contributed by atoms with Gasteiger partial charge in [-0.25, -0.2) is 9.78 Å². The van der Waals surface area contributed by atoms with Gasteiger partial charge in [-0.15, -0.1) is 23.1 Å². The minimum absolute atomic E-state index is 0.0379. The van der Waals surface area contributed by atoms with Crippen molar-refractivity contribution in [1.82, 2.24) is 23.6 Å². The molecule has 36 heavy (non-hydrogen) atoms. The number of aromatic nitrogens is 4. The molecule has 0 radical (unpaired) electrons. The summed E-state index contributed by atoms with van der Waals surface area (Å²) in [5.41, 5.74) is 2.20. The van der Waals surface area contributed by atoms with Gasteiger partial charge in [0.05, 0.1) is 22.3 Å². The Labute approximate surface area is 219 Å². The summed E-state index contributed by atoms with van der Waals surface area (Å²) in [5, 5.41) is 3.11. The fourth-order valence-corrected chi connectivity index (χ4v) is 7.82. The van der Waals surface area contributed by atoms with Crippen LogP contribution in [-0.4, -0.2) is 47.8 Å². The number of hydrogen-bond donors (Lipinski definition) is 0. The number of rotatable bonds is 4. The zero-order valence-electron chi connectivity index (χ0n) is 20.0. The smallest absolute Gasteiger partial charge is 0.331 e. The number of hydrogen-bond acceptors (Lipinski definition) is 7. The second kappa shape index (κ2) is 8.67. The largest absolute Gasteiger partial charge is 0.448 e. The molecule has 2 aliphatic rings. The predicted molar refractivity (Wildman–Crippen MR) is 141 cm³/mol. The quantitative estimate of drug-likeness (QED) is 0.389. The Kier molecular flexibility index (Phi) is 5.69. The lowest BCUT2D eigenvalue weighted by Gasteiger charge is -2.33. The van der Waals surface area contributed by atoms with E-state index in [-0.39, 0.29) is 27.2 Å². The summed E-state index contributed by atoms with van der Waals surface area (Å²) in [6, 6.07) is 3.53. The molecule has 4 aromatic rings. The van der Waals surface area contributed by atoms with Crippen LogP contribution in [0, 0.1) is 6.92 Å². The molecule has 2 atom stereocenters. The lowest BCUT2D eigenvalue weighted by molar-refractivity contribution is -0.127. The molecule has 0 saturated carbocycles. The maximum atomic E-state index is 13.6. The van der Waals surface area contributed by atoms with Crippen LogP contribution in [-0.2, 0) is 25.4 Å². The monoisotopic (exact) mass is 545 g/mol. The summed E-state index contributed by atoms with van der Waals surface area (Å²) in [6.07, 6.45) is 1.45. The first-order valence-electron chi connectivity index (χ1n) is 11.7. The van der Waals surface area contributed by atoms with Crippen molar-refractivity contribution in [2.75, 3.05) is 13.1 Å². The Morgan fingerprint density at radius 1 is 1.19 bits per heavy atom. The van der Waals surface area contributed by atoms with E-state index in [0.717, 1.165) is 33.9 Å². The van der Waals surface area contributed by atoms with Crippen LogP contribution in [0.3, 0.4) is 0 Å². The standard InChI is InChI=1S/C24H24ClN5O4S2/c1-12-11-35-22(26-12)19-17-18(27(2)24(33)28(3)23(17)32)20-21(14-6-7-15(25)34-14)36-13(10-30(19)20)9-29-8-4-5-16(29)31/h6-7,11,13,21H,4-5,8-10H2,1-3H3. The van der Waals surface area contributed by atoms with Crippen molar-refractivity contribution in [2.24, 2.45) is 14.1 Å². The van der Waals surface area contributed by atoms with Gasteiger partial charge in [0.15, 0.2) is 5.22 Å². The molecule has 0 aromatic carbocycles. The fourth-order valence-electron chi connectivity index (χ4n) is 5.30. The number of carbonyl (C=O) groups excluding carboxylic acids is 1. The number of nitrogens with zero attached hydrogens (tertiary/aromatic N) is 5. The molecule has 0 spiro atoms. The molecule has 1 saturated heterocycles. The molecule has 9 nitrogen and oxygen atoms in total. The third-order valence-corrected chi connectivity index (χ3v) is 9.52. The van der Waals surface area contributed by atoms with E-state index in [1.54, 1.807) is 24.9 Å². The predicted octanol–water partition coefficient (Wildman–Crippen LogP) is 3.54. The Bertz CT molecular complexity index is 1640. The summed E-state index contributed by atoms with van der Waals surface area (Å²) in [5.74, 6) is 0.807. The van der Waals surface area contributed by atoms with Crippen LogP contribution in [0.5, 0.6) is 0 Å². The van der Waals surface area contributed by atoms with E-state index >= 15 is 0 Å². The van der Waals surface area contributed by atoms with E-state index in [0.29, 0.717) is 41.9 Å². The number of aryl methyl sites for hydroxylation is 2. The van der Waals surface area contributed by atoms with Crippen molar-refractivity contribution < 1.29 is 9.21 Å². The molecule has 188 valence electrons. The number of carbonyl (C=O) groups is 1. The summed E-state index contributed by atoms with van der Waals surface area (Å²) in [4.78, 5) is 45.7. The summed E-state index contributed by atoms with van der Waals surface area (Å²) >= 11 is 9.32. The van der Waals surface area contributed by atoms with Crippen LogP contribution in [0.4, 0.5) is 0 Å². The van der Waals surface area contributed by atoms with Gasteiger partial charge >= 0.3 is 5.69 Å². The number of furan rings is 1. The Morgan fingerprint density at radius 2 is 2.00 bits per heavy atom. The molecule has 0 N–H and O–H groups in total. The Balaban J connectivity index is 1.65. The van der Waals surface area contributed by atoms with Gasteiger partial charge in [0.2, 0.25) is 5.91 Å². The SMILES string of the molecule is Cc1csc(-c2c3c(=O)n(C)c(=O)n(C)c3c3n2CC(CN2CCCC2=O)SC3c2ccc(Cl)o2)n1. The van der Waals surface area contributed by atoms with Crippen LogP contribution in [0.15, 0.2) is 31.5 Å². The van der Waals surface area contributed by atoms with E-state index in [9.17, 15) is 14.4 Å². The topological polar surface area (TPSA) is 95.3 Å². The average molecular weight is 546 g/mol. The highest BCUT2D eigenvalue weighted by Gasteiger charge is 2.39. The number of thioether (sulfide) groups is 1. The molecule has 0 bridgehead atoms. The lowest BCUT2D eigenvalue weighted by Crippen LogP contribution is -2.37. The zero-order chi connectivity index (χ0) is 25.3. The first kappa shape index (κ1) is 23.6. The maximum Gasteiger partial charge on any atom is 0.331 e. The number of fused-ring (bicyclic) bond motifs is 3. The highest BCUT2D eigenvalue weighted by molar-refractivity contribution is 8.00. The second-order valence-electron chi connectivity index (χ2n) is 9.29. The van der Waals surface area contributed by atoms with Crippen molar-refractivity contribution in [3.8, 4) is 10.7 Å². The van der Waals surface area contributed by atoms with Crippen molar-refractivity contribution in [3.05, 3.63) is 60.7 Å². The highest BCUT2D eigenvalue weighted by Crippen LogP contribution is 2.49.